The van der Waals surface area contributed by atoms with Crippen molar-refractivity contribution < 1.29 is 4.42 Å². The summed E-state index contributed by atoms with van der Waals surface area (Å²) in [5, 5.41) is 3.59. The molecule has 0 spiro atoms. The molecule has 0 saturated carbocycles. The van der Waals surface area contributed by atoms with E-state index in [9.17, 15) is 0 Å². The molecule has 0 fully saturated rings. The Kier molecular flexibility index (Phi) is 3.52. The van der Waals surface area contributed by atoms with Crippen LogP contribution in [0.15, 0.2) is 28.9 Å². The van der Waals surface area contributed by atoms with Crippen molar-refractivity contribution in [2.24, 2.45) is 0 Å². The summed E-state index contributed by atoms with van der Waals surface area (Å²) in [5.41, 5.74) is 1.56. The fourth-order valence-corrected chi connectivity index (χ4v) is 3.92. The molecule has 0 amide bonds. The third-order valence-corrected chi connectivity index (χ3v) is 4.78. The van der Waals surface area contributed by atoms with E-state index in [-0.39, 0.29) is 6.04 Å². The number of nitrogens with one attached hydrogen (secondary N) is 1. The van der Waals surface area contributed by atoms with E-state index in [0.717, 1.165) is 18.7 Å². The number of thiophene rings is 1. The maximum atomic E-state index is 5.59. The summed E-state index contributed by atoms with van der Waals surface area (Å²) in [6.45, 7) is 3.22. The number of aryl methyl sites for hydroxylation is 2. The third kappa shape index (κ3) is 2.25. The molecule has 96 valence electrons. The lowest BCUT2D eigenvalue weighted by atomic mass is 10.1. The van der Waals surface area contributed by atoms with Crippen molar-refractivity contribution in [2.75, 3.05) is 6.54 Å². The summed E-state index contributed by atoms with van der Waals surface area (Å²) in [4.78, 5) is 2.99. The lowest BCUT2D eigenvalue weighted by Crippen LogP contribution is -2.21. The van der Waals surface area contributed by atoms with E-state index >= 15 is 0 Å². The van der Waals surface area contributed by atoms with Crippen LogP contribution in [0.5, 0.6) is 0 Å². The number of furan rings is 1. The van der Waals surface area contributed by atoms with Gasteiger partial charge in [0.1, 0.15) is 11.8 Å². The maximum absolute atomic E-state index is 5.59. The first kappa shape index (κ1) is 12.0. The summed E-state index contributed by atoms with van der Waals surface area (Å²) in [7, 11) is 0. The first-order valence-electron chi connectivity index (χ1n) is 6.76. The van der Waals surface area contributed by atoms with Crippen molar-refractivity contribution in [3.63, 3.8) is 0 Å². The Morgan fingerprint density at radius 2 is 2.39 bits per heavy atom. The van der Waals surface area contributed by atoms with Gasteiger partial charge in [0.15, 0.2) is 0 Å². The topological polar surface area (TPSA) is 25.2 Å². The van der Waals surface area contributed by atoms with Crippen LogP contribution in [0.4, 0.5) is 0 Å². The Balaban J connectivity index is 1.87. The van der Waals surface area contributed by atoms with Crippen LogP contribution in [0, 0.1) is 0 Å². The van der Waals surface area contributed by atoms with Crippen molar-refractivity contribution in [3.8, 4) is 0 Å². The minimum Gasteiger partial charge on any atom is -0.467 e. The average molecular weight is 261 g/mol. The molecule has 2 nitrogen and oxygen atoms in total. The maximum Gasteiger partial charge on any atom is 0.126 e. The number of hydrogen-bond acceptors (Lipinski definition) is 3. The smallest absolute Gasteiger partial charge is 0.126 e. The molecule has 18 heavy (non-hydrogen) atoms. The zero-order chi connectivity index (χ0) is 12.4. The second-order valence-corrected chi connectivity index (χ2v) is 6.02. The highest BCUT2D eigenvalue weighted by Gasteiger charge is 2.22. The number of fused-ring (bicyclic) bond motifs is 1. The van der Waals surface area contributed by atoms with Crippen LogP contribution in [0.1, 0.15) is 46.9 Å². The fourth-order valence-electron chi connectivity index (χ4n) is 2.58. The van der Waals surface area contributed by atoms with Crippen LogP contribution in [-0.4, -0.2) is 6.54 Å². The molecule has 2 heterocycles. The first-order chi connectivity index (χ1) is 8.88. The van der Waals surface area contributed by atoms with Crippen molar-refractivity contribution >= 4 is 11.3 Å². The normalized spacial score (nSPS) is 15.8. The van der Waals surface area contributed by atoms with Gasteiger partial charge in [-0.05, 0) is 56.0 Å². The van der Waals surface area contributed by atoms with Gasteiger partial charge in [-0.1, -0.05) is 6.92 Å². The fraction of sp³-hybridized carbons (Fsp3) is 0.467. The molecule has 0 aromatic carbocycles. The Bertz CT molecular complexity index is 479. The van der Waals surface area contributed by atoms with Crippen molar-refractivity contribution in [1.82, 2.24) is 5.32 Å². The van der Waals surface area contributed by atoms with Gasteiger partial charge < -0.3 is 9.73 Å². The highest BCUT2D eigenvalue weighted by molar-refractivity contribution is 7.12. The molecule has 3 heteroatoms. The van der Waals surface area contributed by atoms with Gasteiger partial charge in [0.2, 0.25) is 0 Å². The predicted octanol–water partition coefficient (Wildman–Crippen LogP) is 3.92. The standard InChI is InChI=1S/C15H19NOS/c1-2-8-16-15(12-6-4-9-17-12)14-10-11-5-3-7-13(11)18-14/h4,6,9-10,15-16H,2-3,5,7-8H2,1H3. The lowest BCUT2D eigenvalue weighted by Gasteiger charge is -2.14. The number of rotatable bonds is 5. The Morgan fingerprint density at radius 3 is 3.11 bits per heavy atom. The quantitative estimate of drug-likeness (QED) is 0.882. The van der Waals surface area contributed by atoms with Gasteiger partial charge in [0, 0.05) is 9.75 Å². The van der Waals surface area contributed by atoms with Crippen molar-refractivity contribution in [2.45, 2.75) is 38.6 Å². The van der Waals surface area contributed by atoms with Gasteiger partial charge in [-0.25, -0.2) is 0 Å². The van der Waals surface area contributed by atoms with E-state index in [4.69, 9.17) is 4.42 Å². The van der Waals surface area contributed by atoms with Crippen LogP contribution in [0.25, 0.3) is 0 Å². The van der Waals surface area contributed by atoms with E-state index in [2.05, 4.69) is 24.4 Å². The minimum atomic E-state index is 0.232. The van der Waals surface area contributed by atoms with Crippen molar-refractivity contribution in [1.29, 1.82) is 0 Å². The molecule has 2 aromatic rings. The minimum absolute atomic E-state index is 0.232. The predicted molar refractivity (Wildman–Crippen MR) is 75.2 cm³/mol. The van der Waals surface area contributed by atoms with Crippen LogP contribution in [0.2, 0.25) is 0 Å². The van der Waals surface area contributed by atoms with E-state index in [1.165, 1.54) is 24.1 Å². The zero-order valence-electron chi connectivity index (χ0n) is 10.7. The van der Waals surface area contributed by atoms with Crippen molar-refractivity contribution in [3.05, 3.63) is 45.5 Å². The van der Waals surface area contributed by atoms with Crippen LogP contribution in [-0.2, 0) is 12.8 Å². The van der Waals surface area contributed by atoms with Gasteiger partial charge in [0.25, 0.3) is 0 Å². The molecule has 1 aliphatic rings. The lowest BCUT2D eigenvalue weighted by molar-refractivity contribution is 0.450. The number of hydrogen-bond donors (Lipinski definition) is 1. The molecule has 0 bridgehead atoms. The van der Waals surface area contributed by atoms with Gasteiger partial charge in [-0.15, -0.1) is 11.3 Å². The average Bonchev–Trinajstić information content (AvgIpc) is 3.05. The molecule has 0 radical (unpaired) electrons. The van der Waals surface area contributed by atoms with Gasteiger partial charge in [-0.3, -0.25) is 0 Å². The Hall–Kier alpha value is -1.06. The molecular weight excluding hydrogens is 242 g/mol. The summed E-state index contributed by atoms with van der Waals surface area (Å²) < 4.78 is 5.59. The summed E-state index contributed by atoms with van der Waals surface area (Å²) >= 11 is 1.96. The summed E-state index contributed by atoms with van der Waals surface area (Å²) in [6.07, 6.45) is 6.75. The zero-order valence-corrected chi connectivity index (χ0v) is 11.6. The van der Waals surface area contributed by atoms with E-state index < -0.39 is 0 Å². The Morgan fingerprint density at radius 1 is 1.44 bits per heavy atom. The van der Waals surface area contributed by atoms with E-state index in [0.29, 0.717) is 0 Å². The second-order valence-electron chi connectivity index (χ2n) is 4.85. The SMILES string of the molecule is CCCNC(c1ccco1)c1cc2c(s1)CCC2. The summed E-state index contributed by atoms with van der Waals surface area (Å²) in [6, 6.07) is 6.65. The Labute approximate surface area is 112 Å². The molecule has 2 aromatic heterocycles. The molecule has 1 aliphatic carbocycles. The monoisotopic (exact) mass is 261 g/mol. The van der Waals surface area contributed by atoms with Gasteiger partial charge >= 0.3 is 0 Å². The molecule has 0 aliphatic heterocycles. The highest BCUT2D eigenvalue weighted by atomic mass is 32.1. The van der Waals surface area contributed by atoms with E-state index in [1.54, 1.807) is 16.7 Å². The molecule has 1 N–H and O–H groups in total. The van der Waals surface area contributed by atoms with E-state index in [1.807, 2.05) is 17.4 Å². The van der Waals surface area contributed by atoms with Gasteiger partial charge in [-0.2, -0.15) is 0 Å². The molecular formula is C15H19NOS. The first-order valence-corrected chi connectivity index (χ1v) is 7.58. The molecule has 3 rings (SSSR count). The van der Waals surface area contributed by atoms with Crippen LogP contribution < -0.4 is 5.32 Å². The second kappa shape index (κ2) is 5.29. The molecule has 1 atom stereocenters. The summed E-state index contributed by atoms with van der Waals surface area (Å²) in [5.74, 6) is 1.03. The molecule has 0 saturated heterocycles. The van der Waals surface area contributed by atoms with Gasteiger partial charge in [0.05, 0.1) is 6.26 Å². The largest absolute Gasteiger partial charge is 0.467 e. The van der Waals surface area contributed by atoms with Crippen LogP contribution >= 0.6 is 11.3 Å². The highest BCUT2D eigenvalue weighted by Crippen LogP contribution is 2.36. The molecule has 1 unspecified atom stereocenters. The van der Waals surface area contributed by atoms with Crippen LogP contribution in [0.3, 0.4) is 0 Å². The third-order valence-electron chi connectivity index (χ3n) is 3.48.